The third kappa shape index (κ3) is 5.83. The van der Waals surface area contributed by atoms with Crippen LogP contribution in [0.3, 0.4) is 0 Å². The Labute approximate surface area is 192 Å². The van der Waals surface area contributed by atoms with Crippen LogP contribution in [0.15, 0.2) is 47.4 Å². The number of halogens is 4. The normalized spacial score (nSPS) is 14.2. The van der Waals surface area contributed by atoms with E-state index in [9.17, 15) is 22.4 Å². The molecule has 3 heterocycles. The lowest BCUT2D eigenvalue weighted by Crippen LogP contribution is -2.26. The molecule has 34 heavy (non-hydrogen) atoms. The number of hydrogen-bond acceptors (Lipinski definition) is 6. The van der Waals surface area contributed by atoms with Gasteiger partial charge in [-0.25, -0.2) is 9.18 Å². The number of nitrogens with zero attached hydrogens (tertiary/aromatic N) is 3. The summed E-state index contributed by atoms with van der Waals surface area (Å²) in [4.78, 5) is 19.6. The highest BCUT2D eigenvalue weighted by Gasteiger charge is 2.32. The summed E-state index contributed by atoms with van der Waals surface area (Å²) >= 11 is 0. The number of pyridine rings is 1. The SMILES string of the molecule is O=c1nc(OCc2ccc(Oc3ccnc(C(F)(F)F)c3)c(F)c2)cc2n1CCCCCCN2. The van der Waals surface area contributed by atoms with Crippen LogP contribution < -0.4 is 20.5 Å². The van der Waals surface area contributed by atoms with Crippen molar-refractivity contribution in [2.75, 3.05) is 11.9 Å². The van der Waals surface area contributed by atoms with Crippen LogP contribution in [0.2, 0.25) is 0 Å². The third-order valence-corrected chi connectivity index (χ3v) is 5.24. The minimum Gasteiger partial charge on any atom is -0.473 e. The highest BCUT2D eigenvalue weighted by atomic mass is 19.4. The molecule has 0 fully saturated rings. The predicted molar refractivity (Wildman–Crippen MR) is 115 cm³/mol. The molecule has 0 unspecified atom stereocenters. The lowest BCUT2D eigenvalue weighted by Gasteiger charge is -2.14. The summed E-state index contributed by atoms with van der Waals surface area (Å²) in [6.07, 6.45) is 0.314. The van der Waals surface area contributed by atoms with Gasteiger partial charge in [-0.2, -0.15) is 18.2 Å². The standard InChI is InChI=1S/C23H22F4N4O3/c24-17-11-15(5-6-18(17)34-16-7-9-28-19(12-16)23(25,26)27)14-33-21-13-20-29-8-3-1-2-4-10-31(20)22(32)30-21/h5-7,9,11-13,29H,1-4,8,10,14H2. The van der Waals surface area contributed by atoms with Crippen molar-refractivity contribution in [1.82, 2.24) is 14.5 Å². The van der Waals surface area contributed by atoms with Gasteiger partial charge in [0, 0.05) is 31.4 Å². The summed E-state index contributed by atoms with van der Waals surface area (Å²) < 4.78 is 65.3. The van der Waals surface area contributed by atoms with Gasteiger partial charge in [0.05, 0.1) is 0 Å². The van der Waals surface area contributed by atoms with Gasteiger partial charge in [0.15, 0.2) is 11.6 Å². The Morgan fingerprint density at radius 1 is 1.06 bits per heavy atom. The quantitative estimate of drug-likeness (QED) is 0.511. The van der Waals surface area contributed by atoms with E-state index >= 15 is 0 Å². The maximum Gasteiger partial charge on any atom is 0.433 e. The number of aromatic nitrogens is 3. The van der Waals surface area contributed by atoms with Crippen LogP contribution in [0.5, 0.6) is 17.4 Å². The molecule has 11 heteroatoms. The molecule has 1 N–H and O–H groups in total. The number of anilines is 1. The van der Waals surface area contributed by atoms with E-state index in [1.165, 1.54) is 18.2 Å². The van der Waals surface area contributed by atoms with E-state index in [0.717, 1.165) is 44.5 Å². The lowest BCUT2D eigenvalue weighted by molar-refractivity contribution is -0.141. The van der Waals surface area contributed by atoms with Crippen molar-refractivity contribution in [3.8, 4) is 17.4 Å². The van der Waals surface area contributed by atoms with Crippen molar-refractivity contribution in [1.29, 1.82) is 0 Å². The van der Waals surface area contributed by atoms with Gasteiger partial charge in [-0.05, 0) is 36.6 Å². The first-order valence-electron chi connectivity index (χ1n) is 10.8. The van der Waals surface area contributed by atoms with Crippen molar-refractivity contribution in [3.63, 3.8) is 0 Å². The van der Waals surface area contributed by atoms with Gasteiger partial charge in [-0.15, -0.1) is 0 Å². The molecular weight excluding hydrogens is 456 g/mol. The first-order valence-corrected chi connectivity index (χ1v) is 10.8. The fourth-order valence-electron chi connectivity index (χ4n) is 3.52. The molecule has 0 spiro atoms. The van der Waals surface area contributed by atoms with Crippen molar-refractivity contribution < 1.29 is 27.0 Å². The fraction of sp³-hybridized carbons (Fsp3) is 0.348. The van der Waals surface area contributed by atoms with Crippen LogP contribution in [-0.2, 0) is 19.3 Å². The Balaban J connectivity index is 1.44. The average molecular weight is 478 g/mol. The molecule has 1 aromatic carbocycles. The number of fused-ring (bicyclic) bond motifs is 1. The molecular formula is C23H22F4N4O3. The van der Waals surface area contributed by atoms with Gasteiger partial charge in [0.2, 0.25) is 5.88 Å². The molecule has 0 radical (unpaired) electrons. The number of ether oxygens (including phenoxy) is 2. The molecule has 180 valence electrons. The second-order valence-electron chi connectivity index (χ2n) is 7.78. The molecule has 7 nitrogen and oxygen atoms in total. The topological polar surface area (TPSA) is 78.3 Å². The second kappa shape index (κ2) is 10.1. The first-order chi connectivity index (χ1) is 16.3. The minimum absolute atomic E-state index is 0.0689. The molecule has 2 aromatic heterocycles. The largest absolute Gasteiger partial charge is 0.473 e. The van der Waals surface area contributed by atoms with Crippen LogP contribution >= 0.6 is 0 Å². The van der Waals surface area contributed by atoms with E-state index in [0.29, 0.717) is 24.0 Å². The van der Waals surface area contributed by atoms with Gasteiger partial charge < -0.3 is 14.8 Å². The number of hydrogen-bond donors (Lipinski definition) is 1. The van der Waals surface area contributed by atoms with E-state index in [1.54, 1.807) is 10.6 Å². The van der Waals surface area contributed by atoms with Crippen LogP contribution in [0, 0.1) is 5.82 Å². The Morgan fingerprint density at radius 2 is 1.88 bits per heavy atom. The summed E-state index contributed by atoms with van der Waals surface area (Å²) in [6, 6.07) is 7.47. The Kier molecular flexibility index (Phi) is 6.99. The number of rotatable bonds is 5. The maximum atomic E-state index is 14.5. The fourth-order valence-corrected chi connectivity index (χ4v) is 3.52. The van der Waals surface area contributed by atoms with Crippen LogP contribution in [0.1, 0.15) is 36.9 Å². The van der Waals surface area contributed by atoms with Gasteiger partial charge >= 0.3 is 11.9 Å². The van der Waals surface area contributed by atoms with Gasteiger partial charge in [0.1, 0.15) is 23.9 Å². The van der Waals surface area contributed by atoms with Crippen molar-refractivity contribution >= 4 is 5.82 Å². The molecule has 1 aliphatic rings. The van der Waals surface area contributed by atoms with E-state index in [-0.39, 0.29) is 24.0 Å². The Hall–Kier alpha value is -3.63. The predicted octanol–water partition coefficient (Wildman–Crippen LogP) is 5.15. The highest BCUT2D eigenvalue weighted by molar-refractivity contribution is 5.39. The van der Waals surface area contributed by atoms with E-state index < -0.39 is 23.4 Å². The molecule has 4 rings (SSSR count). The first kappa shape index (κ1) is 23.5. The minimum atomic E-state index is -4.64. The molecule has 0 bridgehead atoms. The Bertz CT molecular complexity index is 1210. The Morgan fingerprint density at radius 3 is 2.68 bits per heavy atom. The van der Waals surface area contributed by atoms with Crippen LogP contribution in [0.4, 0.5) is 23.4 Å². The smallest absolute Gasteiger partial charge is 0.433 e. The zero-order valence-electron chi connectivity index (χ0n) is 18.1. The molecule has 1 aliphatic heterocycles. The second-order valence-corrected chi connectivity index (χ2v) is 7.78. The molecule has 0 atom stereocenters. The number of alkyl halides is 3. The monoisotopic (exact) mass is 478 g/mol. The number of benzene rings is 1. The summed E-state index contributed by atoms with van der Waals surface area (Å²) in [6.45, 7) is 1.24. The van der Waals surface area contributed by atoms with Gasteiger partial charge in [0.25, 0.3) is 0 Å². The van der Waals surface area contributed by atoms with Gasteiger partial charge in [-0.3, -0.25) is 9.55 Å². The highest BCUT2D eigenvalue weighted by Crippen LogP contribution is 2.32. The van der Waals surface area contributed by atoms with E-state index in [4.69, 9.17) is 9.47 Å². The average Bonchev–Trinajstić information content (AvgIpc) is 2.91. The lowest BCUT2D eigenvalue weighted by atomic mass is 10.2. The number of nitrogens with one attached hydrogen (secondary N) is 1. The van der Waals surface area contributed by atoms with E-state index in [1.807, 2.05) is 0 Å². The molecule has 0 amide bonds. The summed E-state index contributed by atoms with van der Waals surface area (Å²) in [7, 11) is 0. The van der Waals surface area contributed by atoms with E-state index in [2.05, 4.69) is 15.3 Å². The molecule has 0 saturated heterocycles. The summed E-state index contributed by atoms with van der Waals surface area (Å²) in [5.74, 6) is -0.488. The zero-order valence-corrected chi connectivity index (χ0v) is 18.1. The van der Waals surface area contributed by atoms with Crippen molar-refractivity contribution in [2.45, 2.75) is 45.0 Å². The summed E-state index contributed by atoms with van der Waals surface area (Å²) in [5.41, 5.74) is -1.14. The summed E-state index contributed by atoms with van der Waals surface area (Å²) in [5, 5.41) is 3.23. The molecule has 0 aliphatic carbocycles. The third-order valence-electron chi connectivity index (χ3n) is 5.24. The van der Waals surface area contributed by atoms with Crippen molar-refractivity contribution in [3.05, 3.63) is 70.2 Å². The molecule has 0 saturated carbocycles. The van der Waals surface area contributed by atoms with Crippen molar-refractivity contribution in [2.24, 2.45) is 0 Å². The van der Waals surface area contributed by atoms with Gasteiger partial charge in [-0.1, -0.05) is 18.9 Å². The van der Waals surface area contributed by atoms with Crippen LogP contribution in [-0.4, -0.2) is 21.1 Å². The maximum absolute atomic E-state index is 14.5. The van der Waals surface area contributed by atoms with Crippen LogP contribution in [0.25, 0.3) is 0 Å². The zero-order chi connectivity index (χ0) is 24.1. The molecule has 3 aromatic rings.